The van der Waals surface area contributed by atoms with E-state index in [9.17, 15) is 0 Å². The minimum atomic E-state index is 0.569. The van der Waals surface area contributed by atoms with Crippen molar-refractivity contribution in [1.29, 1.82) is 0 Å². The predicted molar refractivity (Wildman–Crippen MR) is 134 cm³/mol. The average Bonchev–Trinajstić information content (AvgIpc) is 2.85. The molecule has 31 heavy (non-hydrogen) atoms. The van der Waals surface area contributed by atoms with E-state index in [1.54, 1.807) is 7.11 Å². The molecule has 0 bridgehead atoms. The summed E-state index contributed by atoms with van der Waals surface area (Å²) in [6.45, 7) is 8.83. The van der Waals surface area contributed by atoms with Gasteiger partial charge in [-0.3, -0.25) is 4.98 Å². The number of methoxy groups -OCH3 is 1. The first kappa shape index (κ1) is 24.1. The van der Waals surface area contributed by atoms with Gasteiger partial charge in [-0.15, -0.1) is 0 Å². The summed E-state index contributed by atoms with van der Waals surface area (Å²) in [7, 11) is 1.69. The van der Waals surface area contributed by atoms with Crippen LogP contribution in [0.25, 0.3) is 22.0 Å². The van der Waals surface area contributed by atoms with Crippen LogP contribution in [0.15, 0.2) is 79.0 Å². The lowest BCUT2D eigenvalue weighted by atomic mass is 9.97. The van der Waals surface area contributed by atoms with E-state index in [2.05, 4.69) is 73.4 Å². The molecule has 0 aliphatic rings. The number of aromatic nitrogens is 1. The van der Waals surface area contributed by atoms with E-state index >= 15 is 0 Å². The van der Waals surface area contributed by atoms with Gasteiger partial charge < -0.3 is 10.5 Å². The SMILES string of the molecule is CC.CCc1cccc(OC)c1.Cc1ccc(CN)cc1-c1ccc2cccnc2c1. The van der Waals surface area contributed by atoms with Crippen molar-refractivity contribution in [2.75, 3.05) is 7.11 Å². The van der Waals surface area contributed by atoms with Crippen LogP contribution in [0.2, 0.25) is 0 Å². The Morgan fingerprint density at radius 1 is 0.871 bits per heavy atom. The Labute approximate surface area is 186 Å². The monoisotopic (exact) mass is 414 g/mol. The summed E-state index contributed by atoms with van der Waals surface area (Å²) in [5, 5.41) is 1.17. The molecule has 4 rings (SSSR count). The molecule has 0 saturated carbocycles. The third-order valence-electron chi connectivity index (χ3n) is 5.00. The lowest BCUT2D eigenvalue weighted by molar-refractivity contribution is 0.414. The number of rotatable bonds is 4. The topological polar surface area (TPSA) is 48.1 Å². The first-order valence-electron chi connectivity index (χ1n) is 10.9. The van der Waals surface area contributed by atoms with E-state index in [-0.39, 0.29) is 0 Å². The lowest BCUT2D eigenvalue weighted by Crippen LogP contribution is -1.97. The summed E-state index contributed by atoms with van der Waals surface area (Å²) in [5.74, 6) is 0.944. The maximum atomic E-state index is 5.73. The molecule has 4 aromatic rings. The van der Waals surface area contributed by atoms with E-state index in [0.29, 0.717) is 6.54 Å². The smallest absolute Gasteiger partial charge is 0.119 e. The molecule has 0 atom stereocenters. The van der Waals surface area contributed by atoms with Crippen LogP contribution in [-0.2, 0) is 13.0 Å². The summed E-state index contributed by atoms with van der Waals surface area (Å²) in [6, 6.07) is 24.9. The maximum absolute atomic E-state index is 5.73. The van der Waals surface area contributed by atoms with Crippen molar-refractivity contribution in [2.24, 2.45) is 5.73 Å². The second-order valence-electron chi connectivity index (χ2n) is 6.97. The maximum Gasteiger partial charge on any atom is 0.119 e. The van der Waals surface area contributed by atoms with Gasteiger partial charge in [0.25, 0.3) is 0 Å². The zero-order chi connectivity index (χ0) is 22.6. The normalized spacial score (nSPS) is 9.87. The van der Waals surface area contributed by atoms with Crippen molar-refractivity contribution in [3.8, 4) is 16.9 Å². The van der Waals surface area contributed by atoms with Gasteiger partial charge in [0, 0.05) is 18.1 Å². The van der Waals surface area contributed by atoms with Gasteiger partial charge in [-0.2, -0.15) is 0 Å². The molecule has 0 fully saturated rings. The van der Waals surface area contributed by atoms with Crippen LogP contribution >= 0.6 is 0 Å². The number of aryl methyl sites for hydroxylation is 2. The number of ether oxygens (including phenoxy) is 1. The van der Waals surface area contributed by atoms with Crippen molar-refractivity contribution < 1.29 is 4.74 Å². The lowest BCUT2D eigenvalue weighted by Gasteiger charge is -2.09. The van der Waals surface area contributed by atoms with Crippen LogP contribution in [0.1, 0.15) is 37.5 Å². The van der Waals surface area contributed by atoms with Gasteiger partial charge in [-0.25, -0.2) is 0 Å². The fourth-order valence-corrected chi connectivity index (χ4v) is 3.23. The molecule has 0 unspecified atom stereocenters. The molecule has 0 aliphatic heterocycles. The van der Waals surface area contributed by atoms with Gasteiger partial charge in [0.2, 0.25) is 0 Å². The van der Waals surface area contributed by atoms with E-state index in [4.69, 9.17) is 10.5 Å². The summed E-state index contributed by atoms with van der Waals surface area (Å²) in [4.78, 5) is 4.41. The van der Waals surface area contributed by atoms with Crippen LogP contribution in [0.3, 0.4) is 0 Å². The highest BCUT2D eigenvalue weighted by molar-refractivity contribution is 5.84. The molecule has 0 radical (unpaired) electrons. The quantitative estimate of drug-likeness (QED) is 0.393. The summed E-state index contributed by atoms with van der Waals surface area (Å²) in [6.07, 6.45) is 2.90. The second-order valence-corrected chi connectivity index (χ2v) is 6.97. The van der Waals surface area contributed by atoms with Gasteiger partial charge in [0.15, 0.2) is 0 Å². The first-order chi connectivity index (χ1) is 15.1. The van der Waals surface area contributed by atoms with Crippen molar-refractivity contribution in [3.63, 3.8) is 0 Å². The standard InChI is InChI=1S/C17H16N2.C9H12O.C2H6/c1-12-4-5-13(11-18)9-16(12)15-7-6-14-3-2-8-19-17(14)10-15;1-3-8-5-4-6-9(7-8)10-2;1-2/h2-10H,11,18H2,1H3;4-7H,3H2,1-2H3;1-2H3. The number of benzene rings is 3. The third-order valence-corrected chi connectivity index (χ3v) is 5.00. The number of fused-ring (bicyclic) bond motifs is 1. The van der Waals surface area contributed by atoms with E-state index in [0.717, 1.165) is 23.3 Å². The Kier molecular flexibility index (Phi) is 9.73. The highest BCUT2D eigenvalue weighted by atomic mass is 16.5. The highest BCUT2D eigenvalue weighted by Crippen LogP contribution is 2.27. The fraction of sp³-hybridized carbons (Fsp3) is 0.250. The molecule has 3 nitrogen and oxygen atoms in total. The van der Waals surface area contributed by atoms with Crippen molar-refractivity contribution >= 4 is 10.9 Å². The molecule has 2 N–H and O–H groups in total. The summed E-state index contributed by atoms with van der Waals surface area (Å²) in [5.41, 5.74) is 12.9. The Morgan fingerprint density at radius 2 is 1.68 bits per heavy atom. The van der Waals surface area contributed by atoms with E-state index < -0.39 is 0 Å². The third kappa shape index (κ3) is 6.66. The van der Waals surface area contributed by atoms with Crippen molar-refractivity contribution in [3.05, 3.63) is 95.7 Å². The zero-order valence-electron chi connectivity index (χ0n) is 19.4. The van der Waals surface area contributed by atoms with Crippen molar-refractivity contribution in [2.45, 2.75) is 40.7 Å². The van der Waals surface area contributed by atoms with Crippen LogP contribution in [0.4, 0.5) is 0 Å². The van der Waals surface area contributed by atoms with Crippen LogP contribution in [0.5, 0.6) is 5.75 Å². The molecule has 1 heterocycles. The Balaban J connectivity index is 0.000000241. The number of pyridine rings is 1. The summed E-state index contributed by atoms with van der Waals surface area (Å²) >= 11 is 0. The molecule has 0 spiro atoms. The van der Waals surface area contributed by atoms with Gasteiger partial charge in [-0.05, 0) is 71.5 Å². The Bertz CT molecular complexity index is 1070. The molecule has 0 amide bonds. The van der Waals surface area contributed by atoms with Crippen LogP contribution < -0.4 is 10.5 Å². The van der Waals surface area contributed by atoms with Gasteiger partial charge >= 0.3 is 0 Å². The molecule has 1 aromatic heterocycles. The number of nitrogens with zero attached hydrogens (tertiary/aromatic N) is 1. The number of hydrogen-bond acceptors (Lipinski definition) is 3. The highest BCUT2D eigenvalue weighted by Gasteiger charge is 2.04. The largest absolute Gasteiger partial charge is 0.497 e. The molecule has 3 heteroatoms. The van der Waals surface area contributed by atoms with Gasteiger partial charge in [0.05, 0.1) is 12.6 Å². The molecule has 0 aliphatic carbocycles. The molecule has 162 valence electrons. The molecular formula is C28H34N2O. The zero-order valence-corrected chi connectivity index (χ0v) is 19.4. The molecule has 3 aromatic carbocycles. The Morgan fingerprint density at radius 3 is 2.39 bits per heavy atom. The minimum absolute atomic E-state index is 0.569. The number of hydrogen-bond donors (Lipinski definition) is 1. The average molecular weight is 415 g/mol. The number of nitrogens with two attached hydrogens (primary N) is 1. The van der Waals surface area contributed by atoms with Gasteiger partial charge in [-0.1, -0.05) is 63.2 Å². The van der Waals surface area contributed by atoms with E-state index in [1.165, 1.54) is 27.6 Å². The molecular weight excluding hydrogens is 380 g/mol. The second kappa shape index (κ2) is 12.5. The first-order valence-corrected chi connectivity index (χ1v) is 10.9. The van der Waals surface area contributed by atoms with E-state index in [1.807, 2.05) is 38.2 Å². The predicted octanol–water partition coefficient (Wildman–Crippen LogP) is 6.95. The van der Waals surface area contributed by atoms with Crippen LogP contribution in [-0.4, -0.2) is 12.1 Å². The van der Waals surface area contributed by atoms with Gasteiger partial charge in [0.1, 0.15) is 5.75 Å². The molecule has 0 saturated heterocycles. The minimum Gasteiger partial charge on any atom is -0.497 e. The Hall–Kier alpha value is -3.17. The summed E-state index contributed by atoms with van der Waals surface area (Å²) < 4.78 is 5.06. The van der Waals surface area contributed by atoms with Crippen molar-refractivity contribution in [1.82, 2.24) is 4.98 Å². The van der Waals surface area contributed by atoms with Crippen LogP contribution in [0, 0.1) is 6.92 Å². The fourth-order valence-electron chi connectivity index (χ4n) is 3.23.